The summed E-state index contributed by atoms with van der Waals surface area (Å²) in [6.45, 7) is 4.66. The molecule has 1 aromatic heterocycles. The summed E-state index contributed by atoms with van der Waals surface area (Å²) in [4.78, 5) is 17.9. The number of anilines is 1. The molecule has 0 saturated heterocycles. The lowest BCUT2D eigenvalue weighted by Gasteiger charge is -2.24. The zero-order valence-corrected chi connectivity index (χ0v) is 10.8. The van der Waals surface area contributed by atoms with Crippen LogP contribution in [-0.2, 0) is 4.79 Å². The average molecular weight is 238 g/mol. The number of aromatic nitrogens is 1. The molecule has 0 radical (unpaired) electrons. The molecule has 16 heavy (non-hydrogen) atoms. The summed E-state index contributed by atoms with van der Waals surface area (Å²) in [6, 6.07) is 3.74. The van der Waals surface area contributed by atoms with E-state index in [2.05, 4.69) is 4.98 Å². The van der Waals surface area contributed by atoms with Crippen molar-refractivity contribution in [1.29, 1.82) is 0 Å². The van der Waals surface area contributed by atoms with E-state index in [-0.39, 0.29) is 11.8 Å². The Labute approximate surface area is 101 Å². The molecule has 1 aromatic rings. The third-order valence-electron chi connectivity index (χ3n) is 2.39. The van der Waals surface area contributed by atoms with Crippen molar-refractivity contribution in [2.24, 2.45) is 5.92 Å². The summed E-state index contributed by atoms with van der Waals surface area (Å²) in [7, 11) is 0. The summed E-state index contributed by atoms with van der Waals surface area (Å²) >= 11 is 1.70. The van der Waals surface area contributed by atoms with Crippen LogP contribution in [0.5, 0.6) is 0 Å². The highest BCUT2D eigenvalue weighted by Gasteiger charge is 2.19. The highest BCUT2D eigenvalue weighted by atomic mass is 32.2. The van der Waals surface area contributed by atoms with Crippen molar-refractivity contribution in [2.75, 3.05) is 23.5 Å². The van der Waals surface area contributed by atoms with Gasteiger partial charge in [-0.2, -0.15) is 11.8 Å². The number of hydrogen-bond acceptors (Lipinski definition) is 3. The fourth-order valence-corrected chi connectivity index (χ4v) is 2.22. The lowest BCUT2D eigenvalue weighted by Crippen LogP contribution is -2.35. The molecule has 0 aliphatic rings. The van der Waals surface area contributed by atoms with Gasteiger partial charge in [-0.15, -0.1) is 0 Å². The van der Waals surface area contributed by atoms with Crippen LogP contribution in [0.3, 0.4) is 0 Å². The molecule has 0 fully saturated rings. The minimum atomic E-state index is 0.0584. The summed E-state index contributed by atoms with van der Waals surface area (Å²) in [5.41, 5.74) is 0.926. The Hall–Kier alpha value is -1.03. The van der Waals surface area contributed by atoms with Crippen molar-refractivity contribution in [2.45, 2.75) is 13.8 Å². The summed E-state index contributed by atoms with van der Waals surface area (Å²) in [6.07, 6.45) is 5.45. The molecule has 1 rings (SSSR count). The largest absolute Gasteiger partial charge is 0.312 e. The van der Waals surface area contributed by atoms with E-state index in [1.54, 1.807) is 24.2 Å². The van der Waals surface area contributed by atoms with Crippen molar-refractivity contribution in [1.82, 2.24) is 4.98 Å². The van der Waals surface area contributed by atoms with Gasteiger partial charge in [0.1, 0.15) is 0 Å². The fourth-order valence-electron chi connectivity index (χ4n) is 1.58. The molecule has 1 atom stereocenters. The topological polar surface area (TPSA) is 33.2 Å². The van der Waals surface area contributed by atoms with Gasteiger partial charge in [0.2, 0.25) is 5.91 Å². The number of thioether (sulfide) groups is 1. The normalized spacial score (nSPS) is 12.2. The van der Waals surface area contributed by atoms with Crippen LogP contribution in [-0.4, -0.2) is 29.4 Å². The van der Waals surface area contributed by atoms with Crippen LogP contribution in [0.1, 0.15) is 13.8 Å². The molecule has 1 heterocycles. The lowest BCUT2D eigenvalue weighted by molar-refractivity contribution is -0.121. The van der Waals surface area contributed by atoms with E-state index in [1.807, 2.05) is 37.1 Å². The SMILES string of the molecule is CCN(C(=O)C(C)CSC)c1ccncc1. The average Bonchev–Trinajstić information content (AvgIpc) is 2.31. The first kappa shape index (κ1) is 13.0. The van der Waals surface area contributed by atoms with E-state index in [0.717, 1.165) is 11.4 Å². The van der Waals surface area contributed by atoms with Crippen LogP contribution in [0, 0.1) is 5.92 Å². The maximum absolute atomic E-state index is 12.2. The molecule has 0 aromatic carbocycles. The Morgan fingerprint density at radius 2 is 2.12 bits per heavy atom. The van der Waals surface area contributed by atoms with Gasteiger partial charge in [-0.25, -0.2) is 0 Å². The Kier molecular flexibility index (Phi) is 5.32. The highest BCUT2D eigenvalue weighted by Crippen LogP contribution is 2.16. The molecule has 3 nitrogen and oxygen atoms in total. The van der Waals surface area contributed by atoms with Gasteiger partial charge < -0.3 is 4.90 Å². The van der Waals surface area contributed by atoms with Crippen molar-refractivity contribution >= 4 is 23.4 Å². The second kappa shape index (κ2) is 6.53. The third-order valence-corrected chi connectivity index (χ3v) is 3.23. The molecule has 0 saturated carbocycles. The van der Waals surface area contributed by atoms with E-state index in [1.165, 1.54) is 0 Å². The number of carbonyl (C=O) groups is 1. The Morgan fingerprint density at radius 3 is 2.62 bits per heavy atom. The summed E-state index contributed by atoms with van der Waals surface area (Å²) < 4.78 is 0. The molecule has 4 heteroatoms. The third kappa shape index (κ3) is 3.23. The quantitative estimate of drug-likeness (QED) is 0.790. The molecule has 0 bridgehead atoms. The molecule has 1 amide bonds. The van der Waals surface area contributed by atoms with Crippen LogP contribution in [0.4, 0.5) is 5.69 Å². The highest BCUT2D eigenvalue weighted by molar-refractivity contribution is 7.98. The van der Waals surface area contributed by atoms with Gasteiger partial charge in [0, 0.05) is 36.3 Å². The first-order valence-electron chi connectivity index (χ1n) is 5.41. The molecule has 0 spiro atoms. The van der Waals surface area contributed by atoms with Gasteiger partial charge in [-0.1, -0.05) is 6.92 Å². The first-order valence-corrected chi connectivity index (χ1v) is 6.80. The molecule has 0 aliphatic heterocycles. The van der Waals surface area contributed by atoms with Crippen molar-refractivity contribution in [3.63, 3.8) is 0 Å². The van der Waals surface area contributed by atoms with E-state index in [9.17, 15) is 4.79 Å². The van der Waals surface area contributed by atoms with Gasteiger partial charge in [-0.05, 0) is 25.3 Å². The minimum absolute atomic E-state index is 0.0584. The molecule has 0 aliphatic carbocycles. The number of nitrogens with zero attached hydrogens (tertiary/aromatic N) is 2. The number of amides is 1. The number of carbonyl (C=O) groups excluding carboxylic acids is 1. The first-order chi connectivity index (χ1) is 7.70. The van der Waals surface area contributed by atoms with Crippen molar-refractivity contribution in [3.05, 3.63) is 24.5 Å². The second-order valence-electron chi connectivity index (χ2n) is 3.64. The molecule has 0 N–H and O–H groups in total. The second-order valence-corrected chi connectivity index (χ2v) is 4.55. The number of hydrogen-bond donors (Lipinski definition) is 0. The van der Waals surface area contributed by atoms with Crippen LogP contribution in [0.2, 0.25) is 0 Å². The van der Waals surface area contributed by atoms with Gasteiger partial charge in [0.05, 0.1) is 0 Å². The molecular weight excluding hydrogens is 220 g/mol. The maximum atomic E-state index is 12.2. The van der Waals surface area contributed by atoms with Crippen LogP contribution >= 0.6 is 11.8 Å². The molecular formula is C12H18N2OS. The number of rotatable bonds is 5. The van der Waals surface area contributed by atoms with Gasteiger partial charge in [0.15, 0.2) is 0 Å². The van der Waals surface area contributed by atoms with Gasteiger partial charge >= 0.3 is 0 Å². The maximum Gasteiger partial charge on any atom is 0.230 e. The summed E-state index contributed by atoms with van der Waals surface area (Å²) in [5, 5.41) is 0. The monoisotopic (exact) mass is 238 g/mol. The van der Waals surface area contributed by atoms with Crippen LogP contribution in [0.25, 0.3) is 0 Å². The zero-order chi connectivity index (χ0) is 12.0. The van der Waals surface area contributed by atoms with Gasteiger partial charge in [0.25, 0.3) is 0 Å². The Bertz CT molecular complexity index is 329. The Morgan fingerprint density at radius 1 is 1.50 bits per heavy atom. The smallest absolute Gasteiger partial charge is 0.230 e. The predicted molar refractivity (Wildman–Crippen MR) is 69.8 cm³/mol. The minimum Gasteiger partial charge on any atom is -0.312 e. The van der Waals surface area contributed by atoms with Crippen molar-refractivity contribution < 1.29 is 4.79 Å². The van der Waals surface area contributed by atoms with Crippen LogP contribution in [0.15, 0.2) is 24.5 Å². The van der Waals surface area contributed by atoms with Crippen molar-refractivity contribution in [3.8, 4) is 0 Å². The van der Waals surface area contributed by atoms with E-state index >= 15 is 0 Å². The van der Waals surface area contributed by atoms with Gasteiger partial charge in [-0.3, -0.25) is 9.78 Å². The summed E-state index contributed by atoms with van der Waals surface area (Å²) in [5.74, 6) is 1.10. The fraction of sp³-hybridized carbons (Fsp3) is 0.500. The molecule has 1 unspecified atom stereocenters. The van der Waals surface area contributed by atoms with E-state index < -0.39 is 0 Å². The van der Waals surface area contributed by atoms with Crippen LogP contribution < -0.4 is 4.90 Å². The predicted octanol–water partition coefficient (Wildman–Crippen LogP) is 2.43. The lowest BCUT2D eigenvalue weighted by atomic mass is 10.1. The molecule has 88 valence electrons. The Balaban J connectivity index is 2.79. The standard InChI is InChI=1S/C12H18N2OS/c1-4-14(11-5-7-13-8-6-11)12(15)10(2)9-16-3/h5-8,10H,4,9H2,1-3H3. The number of pyridine rings is 1. The van der Waals surface area contributed by atoms with E-state index in [4.69, 9.17) is 0 Å². The van der Waals surface area contributed by atoms with E-state index in [0.29, 0.717) is 6.54 Å². The zero-order valence-electron chi connectivity index (χ0n) is 10.0.